The van der Waals surface area contributed by atoms with Crippen molar-refractivity contribution in [1.29, 1.82) is 0 Å². The van der Waals surface area contributed by atoms with Crippen LogP contribution in [0.25, 0.3) is 0 Å². The molecule has 11 nitrogen and oxygen atoms in total. The third-order valence-corrected chi connectivity index (χ3v) is 14.5. The van der Waals surface area contributed by atoms with Crippen molar-refractivity contribution in [1.82, 2.24) is 4.90 Å². The zero-order chi connectivity index (χ0) is 37.2. The predicted molar refractivity (Wildman–Crippen MR) is 195 cm³/mol. The number of sulfonamides is 1. The molecule has 0 spiro atoms. The summed E-state index contributed by atoms with van der Waals surface area (Å²) < 4.78 is 55.3. The highest BCUT2D eigenvalue weighted by molar-refractivity contribution is 7.95. The highest BCUT2D eigenvalue weighted by Crippen LogP contribution is 2.45. The number of allylic oxidation sites excluding steroid dienone is 7. The number of unbranched alkanes of at least 4 members (excludes halogenated alkanes) is 1. The van der Waals surface area contributed by atoms with E-state index in [2.05, 4.69) is 6.58 Å². The minimum absolute atomic E-state index is 0.0499. The maximum Gasteiger partial charge on any atom is 0.302 e. The molecule has 4 N–H and O–H groups in total. The number of esters is 1. The van der Waals surface area contributed by atoms with Crippen molar-refractivity contribution in [2.75, 3.05) is 6.54 Å². The molecule has 3 rings (SSSR count). The molecule has 1 saturated carbocycles. The summed E-state index contributed by atoms with van der Waals surface area (Å²) in [5.74, 6) is -1.12. The summed E-state index contributed by atoms with van der Waals surface area (Å²) in [6.45, 7) is 11.0. The number of sulfone groups is 1. The Kier molecular flexibility index (Phi) is 15.4. The number of hydrogen-bond acceptors (Lipinski definition) is 10. The molecule has 278 valence electrons. The number of nitrogens with zero attached hydrogens (tertiary/aromatic N) is 1. The van der Waals surface area contributed by atoms with Crippen LogP contribution in [-0.4, -0.2) is 73.9 Å². The van der Waals surface area contributed by atoms with Gasteiger partial charge < -0.3 is 19.8 Å². The topological polar surface area (TPSA) is 181 Å². The van der Waals surface area contributed by atoms with Crippen LogP contribution in [0, 0.1) is 11.8 Å². The van der Waals surface area contributed by atoms with Crippen molar-refractivity contribution < 1.29 is 41.4 Å². The third kappa shape index (κ3) is 11.1. The van der Waals surface area contributed by atoms with Gasteiger partial charge in [-0.05, 0) is 71.3 Å². The first-order valence-corrected chi connectivity index (χ1v) is 21.0. The molecule has 1 aliphatic carbocycles. The van der Waals surface area contributed by atoms with Crippen LogP contribution in [0.3, 0.4) is 0 Å². The largest absolute Gasteiger partial charge is 0.462 e. The van der Waals surface area contributed by atoms with Crippen molar-refractivity contribution in [3.63, 3.8) is 0 Å². The van der Waals surface area contributed by atoms with Gasteiger partial charge in [0.05, 0.1) is 23.5 Å². The third-order valence-electron chi connectivity index (χ3n) is 9.22. The van der Waals surface area contributed by atoms with E-state index in [4.69, 9.17) is 9.88 Å². The van der Waals surface area contributed by atoms with Gasteiger partial charge in [-0.1, -0.05) is 60.8 Å². The van der Waals surface area contributed by atoms with E-state index in [-0.39, 0.29) is 39.0 Å². The van der Waals surface area contributed by atoms with Gasteiger partial charge in [-0.2, -0.15) is 0 Å². The standard InChI is InChI=1S/C36H52N2O9S3/c1-6-8-11-14-24(3)17-18-27(40)19-20-29-28(32(41)23-33(29)47-26(5)39)15-12-9-10-13-16-34(42)38(7-2)31-21-25(4)49(43,44)36-30(31)22-35(48-36)50(37,45)46/h6,8-9,11-12,14,19-20,22,25,27-29,31-33,40-41H,3,7,10,13,15-18,21,23H2,1-2,4-5H3,(H2,37,45,46)/b8-6-,12-9-,14-11-,20-19+/t25-,27-,28+,29+,31-,32-,33+/m0/s1. The summed E-state index contributed by atoms with van der Waals surface area (Å²) in [7, 11) is -7.86. The Hall–Kier alpha value is -2.88. The second-order valence-electron chi connectivity index (χ2n) is 13.0. The van der Waals surface area contributed by atoms with Gasteiger partial charge in [-0.3, -0.25) is 9.59 Å². The molecular formula is C36H52N2O9S3. The zero-order valence-corrected chi connectivity index (χ0v) is 31.8. The molecular weight excluding hydrogens is 701 g/mol. The molecule has 1 fully saturated rings. The Morgan fingerprint density at radius 2 is 1.94 bits per heavy atom. The maximum atomic E-state index is 13.4. The van der Waals surface area contributed by atoms with Crippen LogP contribution in [0.15, 0.2) is 75.2 Å². The fourth-order valence-electron chi connectivity index (χ4n) is 6.56. The van der Waals surface area contributed by atoms with E-state index in [1.807, 2.05) is 49.5 Å². The van der Waals surface area contributed by atoms with E-state index in [0.29, 0.717) is 62.0 Å². The Bertz CT molecular complexity index is 1690. The molecule has 0 radical (unpaired) electrons. The Labute approximate surface area is 301 Å². The van der Waals surface area contributed by atoms with Crippen molar-refractivity contribution in [3.8, 4) is 0 Å². The number of thiophene rings is 1. The second-order valence-corrected chi connectivity index (χ2v) is 18.4. The zero-order valence-electron chi connectivity index (χ0n) is 29.3. The summed E-state index contributed by atoms with van der Waals surface area (Å²) in [6, 6.07) is 0.705. The molecule has 1 aliphatic heterocycles. The average Bonchev–Trinajstić information content (AvgIpc) is 3.62. The van der Waals surface area contributed by atoms with Crippen LogP contribution in [0.4, 0.5) is 0 Å². The van der Waals surface area contributed by atoms with Crippen molar-refractivity contribution in [3.05, 3.63) is 72.4 Å². The molecule has 50 heavy (non-hydrogen) atoms. The lowest BCUT2D eigenvalue weighted by Crippen LogP contribution is -2.40. The Balaban J connectivity index is 1.60. The molecule has 7 atom stereocenters. The van der Waals surface area contributed by atoms with Crippen LogP contribution >= 0.6 is 11.3 Å². The molecule has 0 aromatic carbocycles. The van der Waals surface area contributed by atoms with Crippen LogP contribution in [0.5, 0.6) is 0 Å². The first-order valence-electron chi connectivity index (χ1n) is 17.0. The molecule has 2 heterocycles. The van der Waals surface area contributed by atoms with Gasteiger partial charge in [-0.15, -0.1) is 11.3 Å². The van der Waals surface area contributed by atoms with Gasteiger partial charge in [0.15, 0.2) is 9.84 Å². The number of nitrogens with two attached hydrogens (primary N) is 1. The van der Waals surface area contributed by atoms with E-state index >= 15 is 0 Å². The molecule has 2 aliphatic rings. The second kappa shape index (κ2) is 18.6. The highest BCUT2D eigenvalue weighted by Gasteiger charge is 2.43. The van der Waals surface area contributed by atoms with Crippen LogP contribution in [0.1, 0.15) is 90.7 Å². The number of aliphatic hydroxyl groups is 2. The summed E-state index contributed by atoms with van der Waals surface area (Å²) in [5, 5.41) is 26.0. The number of rotatable bonds is 17. The lowest BCUT2D eigenvalue weighted by molar-refractivity contribution is -0.147. The van der Waals surface area contributed by atoms with E-state index in [9.17, 15) is 36.6 Å². The minimum atomic E-state index is -4.12. The normalized spacial score (nSPS) is 25.8. The van der Waals surface area contributed by atoms with E-state index in [0.717, 1.165) is 5.57 Å². The molecule has 1 aromatic heterocycles. The number of ether oxygens (including phenoxy) is 1. The summed E-state index contributed by atoms with van der Waals surface area (Å²) >= 11 is 0.633. The SMILES string of the molecule is C=C(/C=C\C=C/C)CC[C@H](O)/C=C/[C@@H]1[C@@H](C/C=C\CCCC(=O)N(CC)[C@H]2C[C@H](C)S(=O)(=O)c3sc(S(N)(=O)=O)cc32)[C@@H](O)C[C@H]1OC(C)=O. The number of aliphatic hydroxyl groups excluding tert-OH is 2. The first-order chi connectivity index (χ1) is 23.5. The quantitative estimate of drug-likeness (QED) is 0.0826. The van der Waals surface area contributed by atoms with Crippen LogP contribution in [-0.2, 0) is 34.2 Å². The molecule has 1 aromatic rings. The average molecular weight is 753 g/mol. The lowest BCUT2D eigenvalue weighted by Gasteiger charge is -2.36. The minimum Gasteiger partial charge on any atom is -0.462 e. The predicted octanol–water partition coefficient (Wildman–Crippen LogP) is 5.28. The fraction of sp³-hybridized carbons (Fsp3) is 0.556. The monoisotopic (exact) mass is 752 g/mol. The Morgan fingerprint density at radius 3 is 2.58 bits per heavy atom. The fourth-order valence-corrected chi connectivity index (χ4v) is 11.0. The van der Waals surface area contributed by atoms with Gasteiger partial charge >= 0.3 is 5.97 Å². The first kappa shape index (κ1) is 41.5. The number of amides is 1. The molecule has 0 unspecified atom stereocenters. The Morgan fingerprint density at radius 1 is 1.22 bits per heavy atom. The molecule has 0 bridgehead atoms. The number of fused-ring (bicyclic) bond motifs is 1. The van der Waals surface area contributed by atoms with Gasteiger partial charge in [0.2, 0.25) is 15.9 Å². The lowest BCUT2D eigenvalue weighted by atomic mass is 9.89. The number of carbonyl (C=O) groups is 2. The van der Waals surface area contributed by atoms with Gasteiger partial charge in [0.25, 0.3) is 0 Å². The van der Waals surface area contributed by atoms with E-state index < -0.39 is 55.4 Å². The molecule has 0 saturated heterocycles. The summed E-state index contributed by atoms with van der Waals surface area (Å²) in [4.78, 5) is 26.8. The van der Waals surface area contributed by atoms with Crippen molar-refractivity contribution in [2.45, 2.75) is 117 Å². The van der Waals surface area contributed by atoms with Gasteiger partial charge in [0, 0.05) is 37.8 Å². The van der Waals surface area contributed by atoms with E-state index in [1.54, 1.807) is 24.8 Å². The maximum absolute atomic E-state index is 13.4. The van der Waals surface area contributed by atoms with Crippen molar-refractivity contribution in [2.24, 2.45) is 17.0 Å². The highest BCUT2D eigenvalue weighted by atomic mass is 32.3. The molecule has 14 heteroatoms. The van der Waals surface area contributed by atoms with Crippen LogP contribution in [0.2, 0.25) is 0 Å². The van der Waals surface area contributed by atoms with Gasteiger partial charge in [-0.25, -0.2) is 22.0 Å². The summed E-state index contributed by atoms with van der Waals surface area (Å²) in [5.41, 5.74) is 1.19. The van der Waals surface area contributed by atoms with E-state index in [1.165, 1.54) is 13.0 Å². The number of carbonyl (C=O) groups excluding carboxylic acids is 2. The smallest absolute Gasteiger partial charge is 0.302 e. The van der Waals surface area contributed by atoms with Crippen LogP contribution < -0.4 is 5.14 Å². The molecule has 1 amide bonds. The summed E-state index contributed by atoms with van der Waals surface area (Å²) in [6.07, 6.45) is 16.5. The van der Waals surface area contributed by atoms with Gasteiger partial charge in [0.1, 0.15) is 14.5 Å². The van der Waals surface area contributed by atoms with Crippen molar-refractivity contribution >= 4 is 43.1 Å². The number of primary sulfonamides is 1. The number of hydrogen-bond donors (Lipinski definition) is 3.